The molecule has 1 atom stereocenters. The molecule has 1 amide bonds. The fourth-order valence-corrected chi connectivity index (χ4v) is 6.21. The molecule has 1 saturated carbocycles. The van der Waals surface area contributed by atoms with Crippen LogP contribution in [0.25, 0.3) is 0 Å². The third-order valence-corrected chi connectivity index (χ3v) is 8.35. The Kier molecular flexibility index (Phi) is 6.97. The number of nitrogens with one attached hydrogen (secondary N) is 1. The van der Waals surface area contributed by atoms with Crippen molar-refractivity contribution in [2.24, 2.45) is 11.8 Å². The number of nitrogens with zero attached hydrogens (tertiary/aromatic N) is 2. The summed E-state index contributed by atoms with van der Waals surface area (Å²) < 4.78 is 29.1. The second kappa shape index (κ2) is 9.02. The molecule has 2 heterocycles. The van der Waals surface area contributed by atoms with Crippen LogP contribution in [0.4, 0.5) is 0 Å². The number of hydrogen-bond donors (Lipinski definition) is 1. The molecule has 0 bridgehead atoms. The zero-order valence-corrected chi connectivity index (χ0v) is 17.0. The molecule has 0 aromatic rings. The van der Waals surface area contributed by atoms with Crippen molar-refractivity contribution in [3.8, 4) is 0 Å². The maximum atomic E-state index is 13.0. The first-order chi connectivity index (χ1) is 12.5. The standard InChI is InChI=1S/C19H35N3O3S/c1-16-10-13-21(14-11-16)26(24,25)22-12-6-7-17(15-22)19(23)20-18-8-4-2-3-5-9-18/h16-18H,2-15H2,1H3,(H,20,23)/t17-/m1/s1. The molecule has 26 heavy (non-hydrogen) atoms. The van der Waals surface area contributed by atoms with E-state index in [2.05, 4.69) is 12.2 Å². The normalized spacial score (nSPS) is 28.6. The second-order valence-corrected chi connectivity index (χ2v) is 10.4. The van der Waals surface area contributed by atoms with E-state index in [0.29, 0.717) is 32.1 Å². The minimum atomic E-state index is -3.43. The first kappa shape index (κ1) is 20.1. The Bertz CT molecular complexity index is 565. The van der Waals surface area contributed by atoms with Crippen LogP contribution in [0.2, 0.25) is 0 Å². The van der Waals surface area contributed by atoms with Crippen molar-refractivity contribution in [1.29, 1.82) is 0 Å². The largest absolute Gasteiger partial charge is 0.353 e. The fourth-order valence-electron chi connectivity index (χ4n) is 4.49. The van der Waals surface area contributed by atoms with Gasteiger partial charge in [0.1, 0.15) is 0 Å². The van der Waals surface area contributed by atoms with E-state index in [9.17, 15) is 13.2 Å². The molecule has 1 aliphatic carbocycles. The number of carbonyl (C=O) groups is 1. The van der Waals surface area contributed by atoms with Gasteiger partial charge in [-0.1, -0.05) is 32.6 Å². The summed E-state index contributed by atoms with van der Waals surface area (Å²) in [5, 5.41) is 3.21. The average molecular weight is 386 g/mol. The van der Waals surface area contributed by atoms with Crippen LogP contribution in [0.1, 0.15) is 71.1 Å². The van der Waals surface area contributed by atoms with Crippen LogP contribution in [0.15, 0.2) is 0 Å². The highest BCUT2D eigenvalue weighted by molar-refractivity contribution is 7.86. The maximum absolute atomic E-state index is 13.0. The van der Waals surface area contributed by atoms with Crippen molar-refractivity contribution in [3.63, 3.8) is 0 Å². The van der Waals surface area contributed by atoms with Crippen molar-refractivity contribution in [2.45, 2.75) is 77.2 Å². The number of hydrogen-bond acceptors (Lipinski definition) is 3. The van der Waals surface area contributed by atoms with E-state index in [1.54, 1.807) is 8.61 Å². The van der Waals surface area contributed by atoms with E-state index in [1.165, 1.54) is 25.7 Å². The van der Waals surface area contributed by atoms with Gasteiger partial charge in [0.2, 0.25) is 5.91 Å². The number of piperidine rings is 2. The SMILES string of the molecule is CC1CCN(S(=O)(=O)N2CCC[C@@H](C(=O)NC3CCCCCC3)C2)CC1. The molecule has 6 nitrogen and oxygen atoms in total. The van der Waals surface area contributed by atoms with Gasteiger partial charge in [-0.3, -0.25) is 4.79 Å². The van der Waals surface area contributed by atoms with Crippen LogP contribution in [0.5, 0.6) is 0 Å². The maximum Gasteiger partial charge on any atom is 0.281 e. The molecular weight excluding hydrogens is 350 g/mol. The molecule has 3 aliphatic rings. The number of carbonyl (C=O) groups excluding carboxylic acids is 1. The molecule has 0 aromatic heterocycles. The number of amides is 1. The van der Waals surface area contributed by atoms with E-state index in [1.807, 2.05) is 0 Å². The van der Waals surface area contributed by atoms with E-state index in [0.717, 1.165) is 38.5 Å². The highest BCUT2D eigenvalue weighted by atomic mass is 32.2. The van der Waals surface area contributed by atoms with Crippen molar-refractivity contribution in [3.05, 3.63) is 0 Å². The first-order valence-corrected chi connectivity index (χ1v) is 11.9. The molecule has 0 aromatic carbocycles. The lowest BCUT2D eigenvalue weighted by Gasteiger charge is -2.37. The fraction of sp³-hybridized carbons (Fsp3) is 0.947. The summed E-state index contributed by atoms with van der Waals surface area (Å²) in [6.07, 6.45) is 10.4. The predicted octanol–water partition coefficient (Wildman–Crippen LogP) is 2.51. The van der Waals surface area contributed by atoms with Gasteiger partial charge in [0.05, 0.1) is 5.92 Å². The van der Waals surface area contributed by atoms with Gasteiger partial charge in [-0.25, -0.2) is 0 Å². The highest BCUT2D eigenvalue weighted by Crippen LogP contribution is 2.26. The molecule has 2 aliphatic heterocycles. The Balaban J connectivity index is 1.56. The number of rotatable bonds is 4. The summed E-state index contributed by atoms with van der Waals surface area (Å²) in [6.45, 7) is 4.28. The molecular formula is C19H35N3O3S. The molecule has 2 saturated heterocycles. The van der Waals surface area contributed by atoms with Gasteiger partial charge >= 0.3 is 0 Å². The molecule has 3 fully saturated rings. The van der Waals surface area contributed by atoms with Crippen LogP contribution in [-0.4, -0.2) is 55.2 Å². The topological polar surface area (TPSA) is 69.7 Å². The molecule has 0 spiro atoms. The van der Waals surface area contributed by atoms with Crippen LogP contribution in [-0.2, 0) is 15.0 Å². The Labute approximate surface area is 158 Å². The van der Waals surface area contributed by atoms with Crippen LogP contribution in [0.3, 0.4) is 0 Å². The van der Waals surface area contributed by atoms with E-state index < -0.39 is 10.2 Å². The van der Waals surface area contributed by atoms with Gasteiger partial charge in [0, 0.05) is 32.2 Å². The van der Waals surface area contributed by atoms with Crippen molar-refractivity contribution in [1.82, 2.24) is 13.9 Å². The summed E-state index contributed by atoms with van der Waals surface area (Å²) in [7, 11) is -3.43. The van der Waals surface area contributed by atoms with E-state index >= 15 is 0 Å². The lowest BCUT2D eigenvalue weighted by molar-refractivity contribution is -0.126. The van der Waals surface area contributed by atoms with Crippen molar-refractivity contribution >= 4 is 16.1 Å². The van der Waals surface area contributed by atoms with Crippen LogP contribution < -0.4 is 5.32 Å². The molecule has 0 unspecified atom stereocenters. The molecule has 3 rings (SSSR count). The van der Waals surface area contributed by atoms with Crippen LogP contribution in [0, 0.1) is 11.8 Å². The summed E-state index contributed by atoms with van der Waals surface area (Å²) >= 11 is 0. The van der Waals surface area contributed by atoms with Gasteiger partial charge in [-0.15, -0.1) is 0 Å². The molecule has 0 radical (unpaired) electrons. The summed E-state index contributed by atoms with van der Waals surface area (Å²) in [6, 6.07) is 0.278. The van der Waals surface area contributed by atoms with Gasteiger partial charge in [-0.05, 0) is 44.4 Å². The second-order valence-electron chi connectivity index (χ2n) is 8.48. The average Bonchev–Trinajstić information content (AvgIpc) is 2.91. The van der Waals surface area contributed by atoms with Crippen molar-refractivity contribution < 1.29 is 13.2 Å². The monoisotopic (exact) mass is 385 g/mol. The minimum Gasteiger partial charge on any atom is -0.353 e. The third-order valence-electron chi connectivity index (χ3n) is 6.35. The quantitative estimate of drug-likeness (QED) is 0.756. The molecule has 150 valence electrons. The Morgan fingerprint density at radius 1 is 0.846 bits per heavy atom. The third kappa shape index (κ3) is 4.98. The Morgan fingerprint density at radius 3 is 2.15 bits per heavy atom. The van der Waals surface area contributed by atoms with Crippen LogP contribution >= 0.6 is 0 Å². The molecule has 7 heteroatoms. The minimum absolute atomic E-state index is 0.0593. The van der Waals surface area contributed by atoms with Gasteiger partial charge in [-0.2, -0.15) is 17.0 Å². The summed E-state index contributed by atoms with van der Waals surface area (Å²) in [5.41, 5.74) is 0. The summed E-state index contributed by atoms with van der Waals surface area (Å²) in [5.74, 6) is 0.454. The molecule has 1 N–H and O–H groups in total. The van der Waals surface area contributed by atoms with Crippen molar-refractivity contribution in [2.75, 3.05) is 26.2 Å². The van der Waals surface area contributed by atoms with E-state index in [4.69, 9.17) is 0 Å². The Morgan fingerprint density at radius 2 is 1.50 bits per heavy atom. The zero-order valence-electron chi connectivity index (χ0n) is 16.2. The smallest absolute Gasteiger partial charge is 0.281 e. The Hall–Kier alpha value is -0.660. The zero-order chi connectivity index (χ0) is 18.6. The lowest BCUT2D eigenvalue weighted by atomic mass is 9.97. The predicted molar refractivity (Wildman–Crippen MR) is 103 cm³/mol. The van der Waals surface area contributed by atoms with Gasteiger partial charge in [0.25, 0.3) is 10.2 Å². The van der Waals surface area contributed by atoms with Gasteiger partial charge < -0.3 is 5.32 Å². The van der Waals surface area contributed by atoms with Gasteiger partial charge in [0.15, 0.2) is 0 Å². The first-order valence-electron chi connectivity index (χ1n) is 10.5. The lowest BCUT2D eigenvalue weighted by Crippen LogP contribution is -2.52. The highest BCUT2D eigenvalue weighted by Gasteiger charge is 2.37. The summed E-state index contributed by atoms with van der Waals surface area (Å²) in [4.78, 5) is 12.7. The van der Waals surface area contributed by atoms with E-state index in [-0.39, 0.29) is 17.9 Å².